The number of ether oxygens (including phenoxy) is 1. The predicted molar refractivity (Wildman–Crippen MR) is 61.0 cm³/mol. The van der Waals surface area contributed by atoms with Gasteiger partial charge in [-0.05, 0) is 18.8 Å². The molecule has 1 aromatic heterocycles. The van der Waals surface area contributed by atoms with Crippen LogP contribution in [0, 0.1) is 5.92 Å². The molecule has 1 aromatic rings. The van der Waals surface area contributed by atoms with E-state index in [1.807, 2.05) is 0 Å². The van der Waals surface area contributed by atoms with Gasteiger partial charge in [0.25, 0.3) is 0 Å². The van der Waals surface area contributed by atoms with Crippen LogP contribution in [0.25, 0.3) is 0 Å². The lowest BCUT2D eigenvalue weighted by molar-refractivity contribution is 0.0690. The molecule has 2 rings (SSSR count). The zero-order chi connectivity index (χ0) is 12.3. The van der Waals surface area contributed by atoms with Crippen LogP contribution in [0.1, 0.15) is 23.3 Å². The monoisotopic (exact) mass is 237 g/mol. The molecule has 2 N–H and O–H groups in total. The van der Waals surface area contributed by atoms with Gasteiger partial charge in [-0.2, -0.15) is 0 Å². The lowest BCUT2D eigenvalue weighted by atomic mass is 10.2. The van der Waals surface area contributed by atoms with Gasteiger partial charge < -0.3 is 15.2 Å². The van der Waals surface area contributed by atoms with Gasteiger partial charge in [0.15, 0.2) is 5.69 Å². The van der Waals surface area contributed by atoms with E-state index in [0.717, 1.165) is 0 Å². The van der Waals surface area contributed by atoms with E-state index in [9.17, 15) is 4.79 Å². The fraction of sp³-hybridized carbons (Fsp3) is 0.545. The van der Waals surface area contributed by atoms with E-state index in [2.05, 4.69) is 15.3 Å². The summed E-state index contributed by atoms with van der Waals surface area (Å²) in [5.41, 5.74) is -0.0546. The number of carbonyl (C=O) groups is 1. The Morgan fingerprint density at radius 3 is 2.82 bits per heavy atom. The van der Waals surface area contributed by atoms with Crippen molar-refractivity contribution in [3.8, 4) is 0 Å². The lowest BCUT2D eigenvalue weighted by Gasteiger charge is -2.15. The molecule has 0 aromatic carbocycles. The Morgan fingerprint density at radius 2 is 2.35 bits per heavy atom. The van der Waals surface area contributed by atoms with Gasteiger partial charge in [-0.1, -0.05) is 0 Å². The highest BCUT2D eigenvalue weighted by Gasteiger charge is 2.30. The Hall–Kier alpha value is -1.69. The first-order valence-corrected chi connectivity index (χ1v) is 5.52. The fourth-order valence-corrected chi connectivity index (χ4v) is 1.65. The van der Waals surface area contributed by atoms with Crippen LogP contribution < -0.4 is 5.32 Å². The Morgan fingerprint density at radius 1 is 1.59 bits per heavy atom. The molecule has 0 amide bonds. The van der Waals surface area contributed by atoms with Crippen LogP contribution in [0.2, 0.25) is 0 Å². The SMILES string of the molecule is COC(CNc1cnc(C(=O)O)cn1)C1CC1. The first-order chi connectivity index (χ1) is 8.20. The molecule has 92 valence electrons. The van der Waals surface area contributed by atoms with E-state index in [0.29, 0.717) is 18.3 Å². The molecule has 1 heterocycles. The maximum absolute atomic E-state index is 10.6. The topological polar surface area (TPSA) is 84.3 Å². The highest BCUT2D eigenvalue weighted by atomic mass is 16.5. The molecule has 1 aliphatic rings. The number of hydrogen-bond acceptors (Lipinski definition) is 5. The van der Waals surface area contributed by atoms with Crippen LogP contribution in [0.4, 0.5) is 5.82 Å². The standard InChI is InChI=1S/C11H15N3O3/c1-17-9(7-2-3-7)5-14-10-6-12-8(4-13-10)11(15)16/h4,6-7,9H,2-3,5H2,1H3,(H,13,14)(H,15,16). The Kier molecular flexibility index (Phi) is 3.53. The summed E-state index contributed by atoms with van der Waals surface area (Å²) in [7, 11) is 1.70. The summed E-state index contributed by atoms with van der Waals surface area (Å²) < 4.78 is 5.35. The van der Waals surface area contributed by atoms with Gasteiger partial charge >= 0.3 is 5.97 Å². The lowest BCUT2D eigenvalue weighted by Crippen LogP contribution is -2.24. The molecule has 1 fully saturated rings. The second-order valence-electron chi connectivity index (χ2n) is 4.08. The van der Waals surface area contributed by atoms with Crippen molar-refractivity contribution in [3.63, 3.8) is 0 Å². The number of hydrogen-bond donors (Lipinski definition) is 2. The molecule has 0 saturated heterocycles. The zero-order valence-corrected chi connectivity index (χ0v) is 9.59. The molecule has 0 bridgehead atoms. The third kappa shape index (κ3) is 3.13. The molecular weight excluding hydrogens is 222 g/mol. The number of carboxylic acid groups (broad SMARTS) is 1. The van der Waals surface area contributed by atoms with Crippen LogP contribution in [-0.4, -0.2) is 40.8 Å². The minimum Gasteiger partial charge on any atom is -0.476 e. The van der Waals surface area contributed by atoms with Crippen molar-refractivity contribution in [1.82, 2.24) is 9.97 Å². The Labute approximate surface area is 99.0 Å². The summed E-state index contributed by atoms with van der Waals surface area (Å²) in [5, 5.41) is 11.8. The summed E-state index contributed by atoms with van der Waals surface area (Å²) in [6.45, 7) is 0.669. The van der Waals surface area contributed by atoms with Crippen molar-refractivity contribution in [2.24, 2.45) is 5.92 Å². The van der Waals surface area contributed by atoms with Gasteiger partial charge in [0.05, 0.1) is 18.5 Å². The molecule has 17 heavy (non-hydrogen) atoms. The van der Waals surface area contributed by atoms with Crippen LogP contribution in [-0.2, 0) is 4.74 Å². The largest absolute Gasteiger partial charge is 0.476 e. The minimum absolute atomic E-state index is 0.0546. The number of rotatable bonds is 6. The third-order valence-electron chi connectivity index (χ3n) is 2.81. The van der Waals surface area contributed by atoms with E-state index >= 15 is 0 Å². The fourth-order valence-electron chi connectivity index (χ4n) is 1.65. The number of aromatic carboxylic acids is 1. The summed E-state index contributed by atoms with van der Waals surface area (Å²) >= 11 is 0. The number of carboxylic acids is 1. The normalized spacial score (nSPS) is 16.5. The first-order valence-electron chi connectivity index (χ1n) is 5.52. The van der Waals surface area contributed by atoms with E-state index in [4.69, 9.17) is 9.84 Å². The molecule has 6 nitrogen and oxygen atoms in total. The molecule has 0 radical (unpaired) electrons. The maximum Gasteiger partial charge on any atom is 0.356 e. The van der Waals surface area contributed by atoms with E-state index in [1.54, 1.807) is 7.11 Å². The number of anilines is 1. The maximum atomic E-state index is 10.6. The van der Waals surface area contributed by atoms with Gasteiger partial charge in [-0.25, -0.2) is 14.8 Å². The van der Waals surface area contributed by atoms with Gasteiger partial charge in [0.2, 0.25) is 0 Å². The van der Waals surface area contributed by atoms with E-state index in [1.165, 1.54) is 25.2 Å². The summed E-state index contributed by atoms with van der Waals surface area (Å²) in [5.74, 6) is 0.133. The van der Waals surface area contributed by atoms with Crippen molar-refractivity contribution >= 4 is 11.8 Å². The molecule has 0 aliphatic heterocycles. The smallest absolute Gasteiger partial charge is 0.356 e. The highest BCUT2D eigenvalue weighted by molar-refractivity contribution is 5.84. The van der Waals surface area contributed by atoms with E-state index in [-0.39, 0.29) is 11.8 Å². The van der Waals surface area contributed by atoms with Crippen molar-refractivity contribution < 1.29 is 14.6 Å². The molecule has 6 heteroatoms. The zero-order valence-electron chi connectivity index (χ0n) is 9.59. The second-order valence-corrected chi connectivity index (χ2v) is 4.08. The van der Waals surface area contributed by atoms with Crippen molar-refractivity contribution in [1.29, 1.82) is 0 Å². The third-order valence-corrected chi connectivity index (χ3v) is 2.81. The average Bonchev–Trinajstić information content (AvgIpc) is 3.15. The molecular formula is C11H15N3O3. The number of nitrogens with one attached hydrogen (secondary N) is 1. The number of nitrogens with zero attached hydrogens (tertiary/aromatic N) is 2. The average molecular weight is 237 g/mol. The summed E-state index contributed by atoms with van der Waals surface area (Å²) in [4.78, 5) is 18.3. The highest BCUT2D eigenvalue weighted by Crippen LogP contribution is 2.33. The van der Waals surface area contributed by atoms with Crippen LogP contribution in [0.5, 0.6) is 0 Å². The first kappa shape index (κ1) is 11.8. The van der Waals surface area contributed by atoms with E-state index < -0.39 is 5.97 Å². The van der Waals surface area contributed by atoms with Crippen molar-refractivity contribution in [2.75, 3.05) is 19.0 Å². The van der Waals surface area contributed by atoms with Gasteiger partial charge in [0, 0.05) is 13.7 Å². The number of methoxy groups -OCH3 is 1. The Bertz CT molecular complexity index is 389. The second kappa shape index (κ2) is 5.09. The van der Waals surface area contributed by atoms with Crippen molar-refractivity contribution in [3.05, 3.63) is 18.1 Å². The molecule has 0 spiro atoms. The Balaban J connectivity index is 1.87. The molecule has 1 atom stereocenters. The number of aromatic nitrogens is 2. The summed E-state index contributed by atoms with van der Waals surface area (Å²) in [6.07, 6.45) is 5.27. The predicted octanol–water partition coefficient (Wildman–Crippen LogP) is 1.01. The molecule has 1 saturated carbocycles. The van der Waals surface area contributed by atoms with Crippen molar-refractivity contribution in [2.45, 2.75) is 18.9 Å². The molecule has 1 aliphatic carbocycles. The van der Waals surface area contributed by atoms with Gasteiger partial charge in [0.1, 0.15) is 5.82 Å². The quantitative estimate of drug-likeness (QED) is 0.768. The van der Waals surface area contributed by atoms with Crippen LogP contribution >= 0.6 is 0 Å². The molecule has 1 unspecified atom stereocenters. The van der Waals surface area contributed by atoms with Crippen LogP contribution in [0.3, 0.4) is 0 Å². The van der Waals surface area contributed by atoms with Gasteiger partial charge in [-0.15, -0.1) is 0 Å². The van der Waals surface area contributed by atoms with Gasteiger partial charge in [-0.3, -0.25) is 0 Å². The van der Waals surface area contributed by atoms with Crippen LogP contribution in [0.15, 0.2) is 12.4 Å². The summed E-state index contributed by atoms with van der Waals surface area (Å²) in [6, 6.07) is 0. The minimum atomic E-state index is -1.07.